The van der Waals surface area contributed by atoms with Crippen LogP contribution in [0.25, 0.3) is 0 Å². The van der Waals surface area contributed by atoms with Crippen LogP contribution < -0.4 is 4.90 Å². The van der Waals surface area contributed by atoms with Crippen LogP contribution in [0.3, 0.4) is 0 Å². The van der Waals surface area contributed by atoms with Crippen molar-refractivity contribution in [2.24, 2.45) is 0 Å². The van der Waals surface area contributed by atoms with Crippen molar-refractivity contribution < 1.29 is 22.7 Å². The fourth-order valence-corrected chi connectivity index (χ4v) is 5.42. The Morgan fingerprint density at radius 1 is 1.21 bits per heavy atom. The van der Waals surface area contributed by atoms with Gasteiger partial charge in [0.2, 0.25) is 0 Å². The Morgan fingerprint density at radius 3 is 2.71 bits per heavy atom. The first kappa shape index (κ1) is 24.9. The zero-order valence-corrected chi connectivity index (χ0v) is 20.0. The molecule has 4 rings (SSSR count). The maximum Gasteiger partial charge on any atom is 0.411 e. The van der Waals surface area contributed by atoms with E-state index in [0.717, 1.165) is 36.6 Å². The summed E-state index contributed by atoms with van der Waals surface area (Å²) in [6.07, 6.45) is 1.82. The zero-order valence-electron chi connectivity index (χ0n) is 19.2. The second-order valence-corrected chi connectivity index (χ2v) is 9.90. The van der Waals surface area contributed by atoms with Gasteiger partial charge in [0.25, 0.3) is 5.91 Å². The molecule has 2 aromatic heterocycles. The molecule has 11 heteroatoms. The summed E-state index contributed by atoms with van der Waals surface area (Å²) in [6, 6.07) is 6.03. The molecule has 2 fully saturated rings. The topological polar surface area (TPSA) is 61.8 Å². The molecule has 1 amide bonds. The third-order valence-electron chi connectivity index (χ3n) is 6.32. The molecule has 2 aliphatic heterocycles. The summed E-state index contributed by atoms with van der Waals surface area (Å²) in [6.45, 7) is 2.07. The predicted octanol–water partition coefficient (Wildman–Crippen LogP) is 3.82. The number of ether oxygens (including phenoxy) is 1. The van der Waals surface area contributed by atoms with Crippen LogP contribution in [0, 0.1) is 0 Å². The largest absolute Gasteiger partial charge is 0.411 e. The van der Waals surface area contributed by atoms with Gasteiger partial charge in [-0.25, -0.2) is 4.98 Å². The van der Waals surface area contributed by atoms with E-state index < -0.39 is 12.8 Å². The lowest BCUT2D eigenvalue weighted by Crippen LogP contribution is -2.51. The Morgan fingerprint density at radius 2 is 2.00 bits per heavy atom. The van der Waals surface area contributed by atoms with E-state index in [0.29, 0.717) is 37.5 Å². The minimum Gasteiger partial charge on any atom is -0.367 e. The summed E-state index contributed by atoms with van der Waals surface area (Å²) in [5.74, 6) is -0.0153. The van der Waals surface area contributed by atoms with Crippen LogP contribution in [0.2, 0.25) is 0 Å². The summed E-state index contributed by atoms with van der Waals surface area (Å²) in [5.41, 5.74) is 0.930. The number of halogens is 3. The number of thiazole rings is 1. The number of rotatable bonds is 7. The highest BCUT2D eigenvalue weighted by Crippen LogP contribution is 2.27. The van der Waals surface area contributed by atoms with Gasteiger partial charge in [0, 0.05) is 38.9 Å². The van der Waals surface area contributed by atoms with Gasteiger partial charge in [-0.3, -0.25) is 14.7 Å². The molecule has 0 radical (unpaired) electrons. The lowest BCUT2D eigenvalue weighted by Gasteiger charge is -2.42. The summed E-state index contributed by atoms with van der Waals surface area (Å²) in [5, 5.41) is 0.766. The van der Waals surface area contributed by atoms with Crippen LogP contribution in [0.5, 0.6) is 0 Å². The van der Waals surface area contributed by atoms with E-state index in [4.69, 9.17) is 4.74 Å². The second-order valence-electron chi connectivity index (χ2n) is 8.89. The van der Waals surface area contributed by atoms with E-state index in [1.807, 2.05) is 35.0 Å². The Kier molecular flexibility index (Phi) is 8.05. The van der Waals surface area contributed by atoms with Gasteiger partial charge < -0.3 is 14.5 Å². The monoisotopic (exact) mass is 497 g/mol. The zero-order chi connectivity index (χ0) is 24.1. The van der Waals surface area contributed by atoms with Crippen molar-refractivity contribution in [3.05, 3.63) is 41.2 Å². The van der Waals surface area contributed by atoms with E-state index in [-0.39, 0.29) is 18.1 Å². The number of alkyl halides is 3. The average Bonchev–Trinajstić information content (AvgIpc) is 3.33. The van der Waals surface area contributed by atoms with Gasteiger partial charge in [0.05, 0.1) is 24.5 Å². The Hall–Kier alpha value is -2.24. The third kappa shape index (κ3) is 6.67. The predicted molar refractivity (Wildman–Crippen MR) is 124 cm³/mol. The fraction of sp³-hybridized carbons (Fsp3) is 0.609. The summed E-state index contributed by atoms with van der Waals surface area (Å²) < 4.78 is 42.5. The molecule has 1 unspecified atom stereocenters. The van der Waals surface area contributed by atoms with Gasteiger partial charge in [-0.05, 0) is 44.4 Å². The molecule has 2 aliphatic rings. The van der Waals surface area contributed by atoms with Crippen LogP contribution in [-0.4, -0.2) is 83.8 Å². The standard InChI is InChI=1S/C23H30F3N5O2S/c1-29(14-17-5-2-3-9-27-17)22-28-13-20(34-22)21(32)30-11-7-18(8-12-30)31-10-4-6-19(15-31)33-16-23(24,25)26/h2-3,5,9,13,18-19H,4,6-8,10-12,14-16H2,1H3. The number of hydrogen-bond donors (Lipinski definition) is 0. The lowest BCUT2D eigenvalue weighted by molar-refractivity contribution is -0.190. The summed E-state index contributed by atoms with van der Waals surface area (Å²) in [4.78, 5) is 28.5. The van der Waals surface area contributed by atoms with E-state index in [9.17, 15) is 18.0 Å². The first-order valence-corrected chi connectivity index (χ1v) is 12.4. The minimum atomic E-state index is -4.29. The molecule has 34 heavy (non-hydrogen) atoms. The van der Waals surface area contributed by atoms with Gasteiger partial charge >= 0.3 is 6.18 Å². The summed E-state index contributed by atoms with van der Waals surface area (Å²) >= 11 is 1.38. The van der Waals surface area contributed by atoms with Gasteiger partial charge in [0.1, 0.15) is 11.5 Å². The summed E-state index contributed by atoms with van der Waals surface area (Å²) in [7, 11) is 1.93. The number of amides is 1. The van der Waals surface area contributed by atoms with Gasteiger partial charge in [-0.1, -0.05) is 17.4 Å². The third-order valence-corrected chi connectivity index (χ3v) is 7.42. The normalized spacial score (nSPS) is 20.5. The highest BCUT2D eigenvalue weighted by atomic mass is 32.1. The van der Waals surface area contributed by atoms with Gasteiger partial charge in [-0.2, -0.15) is 13.2 Å². The van der Waals surface area contributed by atoms with Crippen LogP contribution in [-0.2, 0) is 11.3 Å². The van der Waals surface area contributed by atoms with Crippen LogP contribution >= 0.6 is 11.3 Å². The molecule has 7 nitrogen and oxygen atoms in total. The maximum atomic E-state index is 13.0. The van der Waals surface area contributed by atoms with Crippen molar-refractivity contribution in [2.75, 3.05) is 44.7 Å². The van der Waals surface area contributed by atoms with Crippen molar-refractivity contribution in [3.63, 3.8) is 0 Å². The lowest BCUT2D eigenvalue weighted by atomic mass is 9.99. The van der Waals surface area contributed by atoms with E-state index in [2.05, 4.69) is 14.9 Å². The maximum absolute atomic E-state index is 13.0. The highest BCUT2D eigenvalue weighted by Gasteiger charge is 2.34. The minimum absolute atomic E-state index is 0.0153. The number of pyridine rings is 1. The molecule has 2 saturated heterocycles. The fourth-order valence-electron chi connectivity index (χ4n) is 4.58. The Balaban J connectivity index is 1.26. The number of aromatic nitrogens is 2. The van der Waals surface area contributed by atoms with E-state index in [1.54, 1.807) is 12.4 Å². The molecule has 1 atom stereocenters. The van der Waals surface area contributed by atoms with Gasteiger partial charge in [-0.15, -0.1) is 0 Å². The van der Waals surface area contributed by atoms with Crippen molar-refractivity contribution in [1.82, 2.24) is 19.8 Å². The van der Waals surface area contributed by atoms with Gasteiger partial charge in [0.15, 0.2) is 5.13 Å². The highest BCUT2D eigenvalue weighted by molar-refractivity contribution is 7.17. The van der Waals surface area contributed by atoms with E-state index in [1.165, 1.54) is 11.3 Å². The second kappa shape index (κ2) is 11.0. The quantitative estimate of drug-likeness (QED) is 0.580. The molecule has 0 bridgehead atoms. The number of hydrogen-bond acceptors (Lipinski definition) is 7. The molecular weight excluding hydrogens is 467 g/mol. The molecule has 0 spiro atoms. The first-order valence-electron chi connectivity index (χ1n) is 11.6. The average molecular weight is 498 g/mol. The smallest absolute Gasteiger partial charge is 0.367 e. The number of carbonyl (C=O) groups is 1. The van der Waals surface area contributed by atoms with Crippen molar-refractivity contribution in [1.29, 1.82) is 0 Å². The molecule has 4 heterocycles. The Bertz CT molecular complexity index is 934. The molecule has 0 aromatic carbocycles. The van der Waals surface area contributed by atoms with Crippen LogP contribution in [0.4, 0.5) is 18.3 Å². The Labute approximate surface area is 201 Å². The SMILES string of the molecule is CN(Cc1ccccn1)c1ncc(C(=O)N2CCC(N3CCCC(OCC(F)(F)F)C3)CC2)s1. The van der Waals surface area contributed by atoms with Crippen molar-refractivity contribution in [2.45, 2.75) is 50.6 Å². The molecule has 2 aromatic rings. The van der Waals surface area contributed by atoms with E-state index >= 15 is 0 Å². The molecule has 0 saturated carbocycles. The number of carbonyl (C=O) groups excluding carboxylic acids is 1. The molecule has 0 N–H and O–H groups in total. The molecule has 0 aliphatic carbocycles. The number of piperidine rings is 2. The van der Waals surface area contributed by atoms with Crippen molar-refractivity contribution in [3.8, 4) is 0 Å². The molecular formula is C23H30F3N5O2S. The first-order chi connectivity index (χ1) is 16.3. The number of likely N-dealkylation sites (tertiary alicyclic amines) is 2. The van der Waals surface area contributed by atoms with Crippen LogP contribution in [0.15, 0.2) is 30.6 Å². The number of anilines is 1. The van der Waals surface area contributed by atoms with Crippen LogP contribution in [0.1, 0.15) is 41.0 Å². The van der Waals surface area contributed by atoms with Crippen molar-refractivity contribution >= 4 is 22.4 Å². The number of nitrogens with zero attached hydrogens (tertiary/aromatic N) is 5. The molecule has 186 valence electrons.